The second-order valence-corrected chi connectivity index (χ2v) is 4.14. The van der Waals surface area contributed by atoms with Crippen LogP contribution in [0.4, 0.5) is 4.39 Å². The van der Waals surface area contributed by atoms with Gasteiger partial charge in [0.05, 0.1) is 17.2 Å². The molecule has 0 amide bonds. The predicted molar refractivity (Wildman–Crippen MR) is 68.2 cm³/mol. The lowest BCUT2D eigenvalue weighted by atomic mass is 9.97. The van der Waals surface area contributed by atoms with Gasteiger partial charge < -0.3 is 5.11 Å². The van der Waals surface area contributed by atoms with Gasteiger partial charge >= 0.3 is 5.97 Å². The molecule has 0 radical (unpaired) electrons. The van der Waals surface area contributed by atoms with Crippen LogP contribution in [0.1, 0.15) is 21.5 Å². The molecule has 0 fully saturated rings. The summed E-state index contributed by atoms with van der Waals surface area (Å²) in [6.07, 6.45) is 0. The first kappa shape index (κ1) is 12.8. The SMILES string of the molecule is Cc1cc(C(=O)O)ccc1-c1cc(C#N)ccc1F. The molecular weight excluding hydrogens is 245 g/mol. The Balaban J connectivity index is 2.60. The standard InChI is InChI=1S/C15H10FNO2/c1-9-6-11(15(18)19)3-4-12(9)13-7-10(8-17)2-5-14(13)16/h2-7H,1H3,(H,18,19). The van der Waals surface area contributed by atoms with Gasteiger partial charge in [0.1, 0.15) is 5.82 Å². The van der Waals surface area contributed by atoms with Crippen molar-refractivity contribution in [2.45, 2.75) is 6.92 Å². The van der Waals surface area contributed by atoms with Gasteiger partial charge in [-0.15, -0.1) is 0 Å². The van der Waals surface area contributed by atoms with Crippen LogP contribution in [0.3, 0.4) is 0 Å². The smallest absolute Gasteiger partial charge is 0.335 e. The molecule has 4 heteroatoms. The summed E-state index contributed by atoms with van der Waals surface area (Å²) in [5.74, 6) is -1.47. The summed E-state index contributed by atoms with van der Waals surface area (Å²) in [7, 11) is 0. The van der Waals surface area contributed by atoms with Crippen molar-refractivity contribution in [3.63, 3.8) is 0 Å². The fourth-order valence-corrected chi connectivity index (χ4v) is 1.90. The molecule has 0 aliphatic carbocycles. The number of halogens is 1. The zero-order valence-corrected chi connectivity index (χ0v) is 10.1. The molecule has 0 saturated heterocycles. The third kappa shape index (κ3) is 2.45. The van der Waals surface area contributed by atoms with Crippen LogP contribution in [0, 0.1) is 24.1 Å². The van der Waals surface area contributed by atoms with Crippen molar-refractivity contribution in [2.24, 2.45) is 0 Å². The van der Waals surface area contributed by atoms with E-state index in [1.54, 1.807) is 13.0 Å². The highest BCUT2D eigenvalue weighted by Crippen LogP contribution is 2.27. The van der Waals surface area contributed by atoms with Crippen LogP contribution in [0.25, 0.3) is 11.1 Å². The summed E-state index contributed by atoms with van der Waals surface area (Å²) in [6.45, 7) is 1.71. The Morgan fingerprint density at radius 2 is 1.95 bits per heavy atom. The molecule has 2 rings (SSSR count). The number of carboxylic acid groups (broad SMARTS) is 1. The van der Waals surface area contributed by atoms with E-state index in [9.17, 15) is 9.18 Å². The van der Waals surface area contributed by atoms with E-state index in [-0.39, 0.29) is 5.56 Å². The molecule has 2 aromatic rings. The Hall–Kier alpha value is -2.67. The maximum absolute atomic E-state index is 13.8. The first-order valence-corrected chi connectivity index (χ1v) is 5.57. The highest BCUT2D eigenvalue weighted by molar-refractivity contribution is 5.89. The molecule has 0 aromatic heterocycles. The lowest BCUT2D eigenvalue weighted by molar-refractivity contribution is 0.0697. The molecule has 3 nitrogen and oxygen atoms in total. The second kappa shape index (κ2) is 4.91. The molecule has 0 unspecified atom stereocenters. The number of nitriles is 1. The Kier molecular flexibility index (Phi) is 3.30. The molecule has 0 atom stereocenters. The van der Waals surface area contributed by atoms with Crippen molar-refractivity contribution in [1.82, 2.24) is 0 Å². The van der Waals surface area contributed by atoms with Gasteiger partial charge in [-0.05, 0) is 48.4 Å². The molecule has 2 aromatic carbocycles. The van der Waals surface area contributed by atoms with E-state index in [1.807, 2.05) is 6.07 Å². The third-order valence-corrected chi connectivity index (χ3v) is 2.86. The quantitative estimate of drug-likeness (QED) is 0.894. The fourth-order valence-electron chi connectivity index (χ4n) is 1.90. The molecule has 0 heterocycles. The number of aryl methyl sites for hydroxylation is 1. The Bertz CT molecular complexity index is 702. The van der Waals surface area contributed by atoms with Gasteiger partial charge in [0.25, 0.3) is 0 Å². The van der Waals surface area contributed by atoms with Crippen LogP contribution in [0.2, 0.25) is 0 Å². The molecule has 0 bridgehead atoms. The van der Waals surface area contributed by atoms with E-state index in [1.165, 1.54) is 30.3 Å². The lowest BCUT2D eigenvalue weighted by Gasteiger charge is -2.08. The number of hydrogen-bond donors (Lipinski definition) is 1. The summed E-state index contributed by atoms with van der Waals surface area (Å²) >= 11 is 0. The molecule has 19 heavy (non-hydrogen) atoms. The Labute approximate surface area is 109 Å². The summed E-state index contributed by atoms with van der Waals surface area (Å²) < 4.78 is 13.8. The van der Waals surface area contributed by atoms with Gasteiger partial charge in [-0.1, -0.05) is 6.07 Å². The average molecular weight is 255 g/mol. The highest BCUT2D eigenvalue weighted by Gasteiger charge is 2.11. The summed E-state index contributed by atoms with van der Waals surface area (Å²) in [6, 6.07) is 10.5. The maximum Gasteiger partial charge on any atom is 0.335 e. The number of nitrogens with zero attached hydrogens (tertiary/aromatic N) is 1. The second-order valence-electron chi connectivity index (χ2n) is 4.14. The van der Waals surface area contributed by atoms with Gasteiger partial charge in [0.15, 0.2) is 0 Å². The Morgan fingerprint density at radius 3 is 2.53 bits per heavy atom. The van der Waals surface area contributed by atoms with Crippen LogP contribution in [0.5, 0.6) is 0 Å². The monoisotopic (exact) mass is 255 g/mol. The minimum atomic E-state index is -1.03. The minimum absolute atomic E-state index is 0.151. The van der Waals surface area contributed by atoms with E-state index in [4.69, 9.17) is 10.4 Å². The fraction of sp³-hybridized carbons (Fsp3) is 0.0667. The molecule has 0 aliphatic rings. The van der Waals surface area contributed by atoms with Crippen molar-refractivity contribution in [2.75, 3.05) is 0 Å². The van der Waals surface area contributed by atoms with Gasteiger partial charge in [-0.25, -0.2) is 9.18 Å². The van der Waals surface area contributed by atoms with Crippen molar-refractivity contribution in [3.8, 4) is 17.2 Å². The minimum Gasteiger partial charge on any atom is -0.478 e. The zero-order chi connectivity index (χ0) is 14.0. The van der Waals surface area contributed by atoms with E-state index in [0.717, 1.165) is 0 Å². The number of hydrogen-bond acceptors (Lipinski definition) is 2. The highest BCUT2D eigenvalue weighted by atomic mass is 19.1. The topological polar surface area (TPSA) is 61.1 Å². The first-order chi connectivity index (χ1) is 9.02. The number of carboxylic acids is 1. The predicted octanol–water partition coefficient (Wildman–Crippen LogP) is 3.37. The van der Waals surface area contributed by atoms with Gasteiger partial charge in [0, 0.05) is 5.56 Å². The summed E-state index contributed by atoms with van der Waals surface area (Å²) in [5.41, 5.74) is 2.04. The zero-order valence-electron chi connectivity index (χ0n) is 10.1. The third-order valence-electron chi connectivity index (χ3n) is 2.86. The van der Waals surface area contributed by atoms with Gasteiger partial charge in [-0.3, -0.25) is 0 Å². The van der Waals surface area contributed by atoms with Crippen LogP contribution in [-0.4, -0.2) is 11.1 Å². The molecule has 1 N–H and O–H groups in total. The molecule has 0 aliphatic heterocycles. The normalized spacial score (nSPS) is 9.95. The van der Waals surface area contributed by atoms with E-state index >= 15 is 0 Å². The molecule has 0 saturated carbocycles. The molecular formula is C15H10FNO2. The van der Waals surface area contributed by atoms with Crippen molar-refractivity contribution in [1.29, 1.82) is 5.26 Å². The summed E-state index contributed by atoms with van der Waals surface area (Å²) in [5, 5.41) is 17.7. The number of benzene rings is 2. The molecule has 94 valence electrons. The molecule has 0 spiro atoms. The van der Waals surface area contributed by atoms with E-state index in [0.29, 0.717) is 22.3 Å². The average Bonchev–Trinajstić information content (AvgIpc) is 2.39. The van der Waals surface area contributed by atoms with Crippen LogP contribution >= 0.6 is 0 Å². The largest absolute Gasteiger partial charge is 0.478 e. The van der Waals surface area contributed by atoms with E-state index < -0.39 is 11.8 Å². The number of rotatable bonds is 2. The lowest BCUT2D eigenvalue weighted by Crippen LogP contribution is -1.98. The van der Waals surface area contributed by atoms with Crippen LogP contribution in [-0.2, 0) is 0 Å². The van der Waals surface area contributed by atoms with E-state index in [2.05, 4.69) is 0 Å². The van der Waals surface area contributed by atoms with Crippen molar-refractivity contribution in [3.05, 3.63) is 58.9 Å². The van der Waals surface area contributed by atoms with Gasteiger partial charge in [0.2, 0.25) is 0 Å². The maximum atomic E-state index is 13.8. The Morgan fingerprint density at radius 1 is 1.21 bits per heavy atom. The first-order valence-electron chi connectivity index (χ1n) is 5.57. The number of carbonyl (C=O) groups is 1. The van der Waals surface area contributed by atoms with Crippen LogP contribution in [0.15, 0.2) is 36.4 Å². The van der Waals surface area contributed by atoms with Crippen molar-refractivity contribution >= 4 is 5.97 Å². The summed E-state index contributed by atoms with van der Waals surface area (Å²) in [4.78, 5) is 10.9. The van der Waals surface area contributed by atoms with Gasteiger partial charge in [-0.2, -0.15) is 5.26 Å². The van der Waals surface area contributed by atoms with Crippen molar-refractivity contribution < 1.29 is 14.3 Å². The van der Waals surface area contributed by atoms with Crippen LogP contribution < -0.4 is 0 Å². The number of aromatic carboxylic acids is 1.